The van der Waals surface area contributed by atoms with Crippen LogP contribution >= 0.6 is 0 Å². The highest BCUT2D eigenvalue weighted by Crippen LogP contribution is 2.51. The largest absolute Gasteiger partial charge is 0.507 e. The fourth-order valence-electron chi connectivity index (χ4n) is 7.52. The Labute approximate surface area is 248 Å². The summed E-state index contributed by atoms with van der Waals surface area (Å²) in [5.41, 5.74) is 8.26. The lowest BCUT2D eigenvalue weighted by Crippen LogP contribution is -2.50. The zero-order valence-electron chi connectivity index (χ0n) is 24.5. The van der Waals surface area contributed by atoms with Gasteiger partial charge >= 0.3 is 7.12 Å². The van der Waals surface area contributed by atoms with Gasteiger partial charge in [-0.15, -0.1) is 0 Å². The molecule has 1 fully saturated rings. The molecule has 1 heterocycles. The Kier molecular flexibility index (Phi) is 7.78. The average molecular weight is 560 g/mol. The van der Waals surface area contributed by atoms with Crippen LogP contribution in [0.4, 0.5) is 0 Å². The summed E-state index contributed by atoms with van der Waals surface area (Å²) in [5, 5.41) is 21.2. The Morgan fingerprint density at radius 1 is 0.952 bits per heavy atom. The molecule has 6 heteroatoms. The molecule has 0 unspecified atom stereocenters. The quantitative estimate of drug-likeness (QED) is 0.189. The maximum Gasteiger partial charge on any atom is 0.455 e. The van der Waals surface area contributed by atoms with Crippen LogP contribution in [0.15, 0.2) is 77.9 Å². The van der Waals surface area contributed by atoms with E-state index in [0.29, 0.717) is 42.5 Å². The second-order valence-electron chi connectivity index (χ2n) is 12.0. The van der Waals surface area contributed by atoms with Crippen molar-refractivity contribution < 1.29 is 24.4 Å². The number of allylic oxidation sites excluding steroid dienone is 2. The molecule has 1 saturated heterocycles. The molecular formula is C36H37BO5. The van der Waals surface area contributed by atoms with E-state index in [1.807, 2.05) is 56.3 Å². The molecule has 6 rings (SSSR count). The number of fused-ring (bicyclic) bond motifs is 4. The highest BCUT2D eigenvalue weighted by Gasteiger charge is 2.53. The molecule has 5 nitrogen and oxygen atoms in total. The number of benzene rings is 3. The van der Waals surface area contributed by atoms with E-state index in [1.165, 1.54) is 5.57 Å². The summed E-state index contributed by atoms with van der Waals surface area (Å²) in [6.07, 6.45) is 4.82. The Hall–Kier alpha value is -3.74. The van der Waals surface area contributed by atoms with Gasteiger partial charge in [0.2, 0.25) is 0 Å². The van der Waals surface area contributed by atoms with Crippen LogP contribution < -0.4 is 0 Å². The number of aryl methyl sites for hydroxylation is 2. The summed E-state index contributed by atoms with van der Waals surface area (Å²) in [4.78, 5) is 27.5. The van der Waals surface area contributed by atoms with Crippen molar-refractivity contribution in [3.8, 4) is 5.75 Å². The molecule has 2 aliphatic carbocycles. The standard InChI is InChI=1S/C36H37BO5/c1-4-24-19-29-33(36(40)28-13-9-8-12-27(28)35(29)39)30-20-37(41)42-31(32(24)30)15-14-26(25-10-6-5-7-11-25)18-23-16-21(2)34(38)22(3)17-23/h5-13,16-18,29-31,33,38,41H,4,14-15,19-20H2,1-3H3/b26-18-/t29-,30+,31-,33-/m1/s1. The first-order valence-electron chi connectivity index (χ1n) is 15.1. The second-order valence-corrected chi connectivity index (χ2v) is 12.0. The van der Waals surface area contributed by atoms with Gasteiger partial charge in [-0.05, 0) is 97.3 Å². The van der Waals surface area contributed by atoms with Crippen molar-refractivity contribution >= 4 is 30.3 Å². The van der Waals surface area contributed by atoms with Gasteiger partial charge < -0.3 is 14.8 Å². The molecule has 0 radical (unpaired) electrons. The summed E-state index contributed by atoms with van der Waals surface area (Å²) in [6, 6.07) is 21.4. The summed E-state index contributed by atoms with van der Waals surface area (Å²) in [6.45, 7) is 5.92. The third-order valence-corrected chi connectivity index (χ3v) is 9.46. The molecule has 0 amide bonds. The number of rotatable bonds is 6. The Morgan fingerprint density at radius 2 is 1.60 bits per heavy atom. The minimum absolute atomic E-state index is 0.0173. The van der Waals surface area contributed by atoms with E-state index in [1.54, 1.807) is 12.1 Å². The maximum atomic E-state index is 13.9. The van der Waals surface area contributed by atoms with Crippen LogP contribution in [0, 0.1) is 31.6 Å². The smallest absolute Gasteiger partial charge is 0.455 e. The first kappa shape index (κ1) is 28.4. The SMILES string of the molecule is CCC1=C2[C@@H](CC/C(=C/c3cc(C)c(O)c(C)c3)c3ccccc3)OB(O)C[C@@H]2[C@@H]2C(=O)c3ccccc3C(=O)[C@@H]2C1. The number of carbonyl (C=O) groups excluding carboxylic acids is 2. The molecule has 4 atom stereocenters. The average Bonchev–Trinajstić information content (AvgIpc) is 3.00. The van der Waals surface area contributed by atoms with Gasteiger partial charge in [0, 0.05) is 23.0 Å². The summed E-state index contributed by atoms with van der Waals surface area (Å²) in [7, 11) is -0.993. The second kappa shape index (κ2) is 11.5. The minimum Gasteiger partial charge on any atom is -0.507 e. The van der Waals surface area contributed by atoms with Crippen molar-refractivity contribution in [2.24, 2.45) is 17.8 Å². The van der Waals surface area contributed by atoms with Gasteiger partial charge in [0.05, 0.1) is 6.10 Å². The van der Waals surface area contributed by atoms with Crippen LogP contribution in [0.5, 0.6) is 5.75 Å². The summed E-state index contributed by atoms with van der Waals surface area (Å²) < 4.78 is 6.23. The minimum atomic E-state index is -0.993. The van der Waals surface area contributed by atoms with Gasteiger partial charge in [0.15, 0.2) is 11.6 Å². The van der Waals surface area contributed by atoms with Crippen molar-refractivity contribution in [1.29, 1.82) is 0 Å². The molecule has 3 aromatic carbocycles. The molecule has 214 valence electrons. The first-order valence-corrected chi connectivity index (χ1v) is 15.1. The molecule has 0 bridgehead atoms. The van der Waals surface area contributed by atoms with Gasteiger partial charge in [0.25, 0.3) is 0 Å². The molecule has 2 N–H and O–H groups in total. The van der Waals surface area contributed by atoms with Crippen LogP contribution in [0.1, 0.15) is 75.6 Å². The third kappa shape index (κ3) is 5.08. The summed E-state index contributed by atoms with van der Waals surface area (Å²) >= 11 is 0. The first-order chi connectivity index (χ1) is 20.3. The van der Waals surface area contributed by atoms with Crippen LogP contribution in [0.2, 0.25) is 6.32 Å². The number of ketones is 2. The topological polar surface area (TPSA) is 83.8 Å². The lowest BCUT2D eigenvalue weighted by molar-refractivity contribution is 0.0600. The van der Waals surface area contributed by atoms with Crippen molar-refractivity contribution in [3.63, 3.8) is 0 Å². The van der Waals surface area contributed by atoms with Gasteiger partial charge in [-0.3, -0.25) is 9.59 Å². The Bertz CT molecular complexity index is 1580. The molecule has 0 spiro atoms. The van der Waals surface area contributed by atoms with E-state index in [4.69, 9.17) is 4.65 Å². The van der Waals surface area contributed by atoms with Gasteiger partial charge in [-0.2, -0.15) is 0 Å². The van der Waals surface area contributed by atoms with E-state index >= 15 is 0 Å². The van der Waals surface area contributed by atoms with E-state index < -0.39 is 13.0 Å². The lowest BCUT2D eigenvalue weighted by Gasteiger charge is -2.47. The van der Waals surface area contributed by atoms with Crippen molar-refractivity contribution in [2.45, 2.75) is 58.9 Å². The number of phenols is 1. The molecule has 3 aliphatic rings. The zero-order valence-corrected chi connectivity index (χ0v) is 24.5. The number of aromatic hydroxyl groups is 1. The van der Waals surface area contributed by atoms with Crippen molar-refractivity contribution in [2.75, 3.05) is 0 Å². The lowest BCUT2D eigenvalue weighted by atomic mass is 9.54. The summed E-state index contributed by atoms with van der Waals surface area (Å²) in [5.74, 6) is -0.690. The number of Topliss-reactive ketones (excluding diaryl/α,β-unsaturated/α-hetero) is 2. The number of phenolic OH excluding ortho intramolecular Hbond substituents is 1. The fourth-order valence-corrected chi connectivity index (χ4v) is 7.52. The maximum absolute atomic E-state index is 13.9. The number of hydrogen-bond acceptors (Lipinski definition) is 5. The monoisotopic (exact) mass is 560 g/mol. The van der Waals surface area contributed by atoms with Gasteiger partial charge in [-0.1, -0.05) is 73.2 Å². The van der Waals surface area contributed by atoms with E-state index in [0.717, 1.165) is 39.8 Å². The van der Waals surface area contributed by atoms with Crippen LogP contribution in [0.25, 0.3) is 11.6 Å². The molecule has 42 heavy (non-hydrogen) atoms. The van der Waals surface area contributed by atoms with Gasteiger partial charge in [0.1, 0.15) is 5.75 Å². The molecule has 0 saturated carbocycles. The van der Waals surface area contributed by atoms with Crippen LogP contribution in [-0.4, -0.2) is 34.9 Å². The van der Waals surface area contributed by atoms with Gasteiger partial charge in [-0.25, -0.2) is 0 Å². The predicted octanol–water partition coefficient (Wildman–Crippen LogP) is 7.25. The van der Waals surface area contributed by atoms with E-state index in [-0.39, 0.29) is 29.5 Å². The molecule has 0 aromatic heterocycles. The zero-order chi connectivity index (χ0) is 29.5. The van der Waals surface area contributed by atoms with Crippen molar-refractivity contribution in [1.82, 2.24) is 0 Å². The fraction of sp³-hybridized carbons (Fsp3) is 0.333. The Balaban J connectivity index is 1.35. The number of carbonyl (C=O) groups is 2. The molecule has 1 aliphatic heterocycles. The highest BCUT2D eigenvalue weighted by atomic mass is 16.5. The number of hydrogen-bond donors (Lipinski definition) is 2. The highest BCUT2D eigenvalue weighted by molar-refractivity contribution is 6.43. The normalized spacial score (nSPS) is 23.9. The van der Waals surface area contributed by atoms with Crippen LogP contribution in [-0.2, 0) is 4.65 Å². The van der Waals surface area contributed by atoms with Crippen molar-refractivity contribution in [3.05, 3.63) is 111 Å². The third-order valence-electron chi connectivity index (χ3n) is 9.46. The molecular weight excluding hydrogens is 523 g/mol. The van der Waals surface area contributed by atoms with E-state index in [2.05, 4.69) is 25.1 Å². The predicted molar refractivity (Wildman–Crippen MR) is 166 cm³/mol. The Morgan fingerprint density at radius 3 is 2.26 bits per heavy atom. The van der Waals surface area contributed by atoms with E-state index in [9.17, 15) is 19.7 Å². The molecule has 3 aromatic rings. The van der Waals surface area contributed by atoms with Crippen LogP contribution in [0.3, 0.4) is 0 Å².